The second kappa shape index (κ2) is 7.19. The quantitative estimate of drug-likeness (QED) is 0.309. The molecule has 0 amide bonds. The van der Waals surface area contributed by atoms with Gasteiger partial charge in [-0.2, -0.15) is 4.98 Å². The van der Waals surface area contributed by atoms with Crippen LogP contribution in [0.5, 0.6) is 5.75 Å². The SMILES string of the molecule is COc1ccc(-n2c(-c3ccc([N+](=O)[O-])cc3)cn3c4c(=O)n(C)c(=O)n(C)c4nc23)cc1. The van der Waals surface area contributed by atoms with Gasteiger partial charge in [0, 0.05) is 43.7 Å². The Morgan fingerprint density at radius 3 is 2.24 bits per heavy atom. The number of non-ortho nitro benzene ring substituents is 1. The van der Waals surface area contributed by atoms with Gasteiger partial charge in [-0.3, -0.25) is 33.0 Å². The van der Waals surface area contributed by atoms with Crippen molar-refractivity contribution in [1.82, 2.24) is 23.1 Å². The van der Waals surface area contributed by atoms with Crippen LogP contribution < -0.4 is 16.0 Å². The highest BCUT2D eigenvalue weighted by Gasteiger charge is 2.22. The summed E-state index contributed by atoms with van der Waals surface area (Å²) in [7, 11) is 4.55. The Kier molecular flexibility index (Phi) is 4.41. The monoisotopic (exact) mass is 446 g/mol. The zero-order chi connectivity index (χ0) is 23.4. The molecule has 0 radical (unpaired) electrons. The van der Waals surface area contributed by atoms with Gasteiger partial charge in [0.05, 0.1) is 17.7 Å². The Morgan fingerprint density at radius 2 is 1.64 bits per heavy atom. The highest BCUT2D eigenvalue weighted by Crippen LogP contribution is 2.30. The lowest BCUT2D eigenvalue weighted by Gasteiger charge is -2.10. The van der Waals surface area contributed by atoms with Crippen LogP contribution in [0.3, 0.4) is 0 Å². The number of nitrogens with zero attached hydrogens (tertiary/aromatic N) is 6. The number of nitro benzene ring substituents is 1. The molecule has 11 nitrogen and oxygen atoms in total. The van der Waals surface area contributed by atoms with Crippen LogP contribution in [0.2, 0.25) is 0 Å². The number of ether oxygens (including phenoxy) is 1. The summed E-state index contributed by atoms with van der Waals surface area (Å²) in [5.74, 6) is 1.09. The largest absolute Gasteiger partial charge is 0.497 e. The van der Waals surface area contributed by atoms with Crippen LogP contribution in [0, 0.1) is 10.1 Å². The van der Waals surface area contributed by atoms with Crippen molar-refractivity contribution < 1.29 is 9.66 Å². The fraction of sp³-hybridized carbons (Fsp3) is 0.136. The summed E-state index contributed by atoms with van der Waals surface area (Å²) >= 11 is 0. The summed E-state index contributed by atoms with van der Waals surface area (Å²) in [6.45, 7) is 0. The second-order valence-electron chi connectivity index (χ2n) is 7.51. The Morgan fingerprint density at radius 1 is 0.970 bits per heavy atom. The van der Waals surface area contributed by atoms with Gasteiger partial charge in [0.2, 0.25) is 5.78 Å². The van der Waals surface area contributed by atoms with Crippen LogP contribution in [0.25, 0.3) is 33.9 Å². The predicted octanol–water partition coefficient (Wildman–Crippen LogP) is 2.26. The predicted molar refractivity (Wildman–Crippen MR) is 121 cm³/mol. The van der Waals surface area contributed by atoms with Gasteiger partial charge in [-0.15, -0.1) is 0 Å². The smallest absolute Gasteiger partial charge is 0.332 e. The van der Waals surface area contributed by atoms with Gasteiger partial charge < -0.3 is 4.74 Å². The van der Waals surface area contributed by atoms with E-state index in [1.165, 1.54) is 23.7 Å². The van der Waals surface area contributed by atoms with Crippen molar-refractivity contribution in [2.24, 2.45) is 14.1 Å². The highest BCUT2D eigenvalue weighted by atomic mass is 16.6. The van der Waals surface area contributed by atoms with E-state index < -0.39 is 16.2 Å². The van der Waals surface area contributed by atoms with Crippen LogP contribution in [0.4, 0.5) is 5.69 Å². The third-order valence-corrected chi connectivity index (χ3v) is 5.67. The van der Waals surface area contributed by atoms with E-state index >= 15 is 0 Å². The highest BCUT2D eigenvalue weighted by molar-refractivity contribution is 5.79. The molecule has 5 aromatic rings. The topological polar surface area (TPSA) is 119 Å². The Labute approximate surface area is 185 Å². The van der Waals surface area contributed by atoms with Crippen molar-refractivity contribution in [1.29, 1.82) is 0 Å². The van der Waals surface area contributed by atoms with E-state index in [9.17, 15) is 19.7 Å². The zero-order valence-electron chi connectivity index (χ0n) is 17.9. The van der Waals surface area contributed by atoms with Crippen LogP contribution in [-0.2, 0) is 14.1 Å². The first-order valence-corrected chi connectivity index (χ1v) is 9.90. The van der Waals surface area contributed by atoms with E-state index in [1.54, 1.807) is 49.0 Å². The molecule has 0 saturated carbocycles. The average Bonchev–Trinajstić information content (AvgIpc) is 3.38. The number of aryl methyl sites for hydroxylation is 1. The van der Waals surface area contributed by atoms with Crippen LogP contribution in [0.15, 0.2) is 64.3 Å². The first-order valence-electron chi connectivity index (χ1n) is 9.90. The minimum atomic E-state index is -0.472. The molecule has 33 heavy (non-hydrogen) atoms. The van der Waals surface area contributed by atoms with Gasteiger partial charge in [0.25, 0.3) is 11.2 Å². The summed E-state index contributed by atoms with van der Waals surface area (Å²) < 4.78 is 11.1. The lowest BCUT2D eigenvalue weighted by Crippen LogP contribution is -2.37. The third-order valence-electron chi connectivity index (χ3n) is 5.67. The number of nitro groups is 1. The molecule has 166 valence electrons. The molecule has 3 heterocycles. The molecule has 11 heteroatoms. The summed E-state index contributed by atoms with van der Waals surface area (Å²) in [6, 6.07) is 13.4. The van der Waals surface area contributed by atoms with Crippen molar-refractivity contribution in [3.05, 3.63) is 85.7 Å². The lowest BCUT2D eigenvalue weighted by molar-refractivity contribution is -0.384. The number of fused-ring (bicyclic) bond motifs is 3. The minimum absolute atomic E-state index is 0.0274. The maximum atomic E-state index is 13.0. The molecule has 0 fully saturated rings. The molecule has 0 aliphatic rings. The molecule has 3 aromatic heterocycles. The number of aromatic nitrogens is 5. The number of benzene rings is 2. The van der Waals surface area contributed by atoms with Gasteiger partial charge in [-0.25, -0.2) is 4.79 Å². The Hall–Kier alpha value is -4.67. The zero-order valence-corrected chi connectivity index (χ0v) is 17.9. The molecular weight excluding hydrogens is 428 g/mol. The first-order chi connectivity index (χ1) is 15.8. The fourth-order valence-electron chi connectivity index (χ4n) is 3.91. The number of rotatable bonds is 4. The van der Waals surface area contributed by atoms with Gasteiger partial charge in [-0.05, 0) is 36.4 Å². The van der Waals surface area contributed by atoms with Crippen molar-refractivity contribution in [3.8, 4) is 22.7 Å². The Balaban J connectivity index is 1.88. The number of imidazole rings is 2. The molecule has 0 N–H and O–H groups in total. The molecular formula is C22H18N6O5. The van der Waals surface area contributed by atoms with Crippen molar-refractivity contribution in [2.45, 2.75) is 0 Å². The minimum Gasteiger partial charge on any atom is -0.497 e. The molecule has 5 rings (SSSR count). The molecule has 0 aliphatic heterocycles. The van der Waals surface area contributed by atoms with Gasteiger partial charge in [0.15, 0.2) is 11.2 Å². The number of methoxy groups -OCH3 is 1. The lowest BCUT2D eigenvalue weighted by atomic mass is 10.1. The summed E-state index contributed by atoms with van der Waals surface area (Å²) in [6.07, 6.45) is 1.74. The van der Waals surface area contributed by atoms with E-state index in [2.05, 4.69) is 4.98 Å². The number of hydrogen-bond donors (Lipinski definition) is 0. The maximum absolute atomic E-state index is 13.0. The summed E-state index contributed by atoms with van der Waals surface area (Å²) in [4.78, 5) is 40.6. The normalized spacial score (nSPS) is 11.4. The molecule has 2 aromatic carbocycles. The fourth-order valence-corrected chi connectivity index (χ4v) is 3.91. The van der Waals surface area contributed by atoms with E-state index in [1.807, 2.05) is 16.7 Å². The molecule has 0 bridgehead atoms. The molecule has 0 saturated heterocycles. The molecule has 0 atom stereocenters. The van der Waals surface area contributed by atoms with Crippen LogP contribution in [-0.4, -0.2) is 35.1 Å². The van der Waals surface area contributed by atoms with Crippen molar-refractivity contribution >= 4 is 22.6 Å². The van der Waals surface area contributed by atoms with Crippen LogP contribution in [0.1, 0.15) is 0 Å². The van der Waals surface area contributed by atoms with E-state index in [0.29, 0.717) is 22.8 Å². The third kappa shape index (κ3) is 2.93. The Bertz CT molecular complexity index is 1670. The molecule has 0 spiro atoms. The summed E-state index contributed by atoms with van der Waals surface area (Å²) in [5, 5.41) is 11.1. The van der Waals surface area contributed by atoms with E-state index in [0.717, 1.165) is 10.3 Å². The second-order valence-corrected chi connectivity index (χ2v) is 7.51. The first kappa shape index (κ1) is 20.2. The molecule has 0 aliphatic carbocycles. The van der Waals surface area contributed by atoms with E-state index in [-0.39, 0.29) is 16.9 Å². The van der Waals surface area contributed by atoms with E-state index in [4.69, 9.17) is 4.74 Å². The maximum Gasteiger partial charge on any atom is 0.332 e. The standard InChI is InChI=1S/C22H18N6O5/c1-24-19-18(20(29)25(2)22(24)30)26-12-17(13-4-6-15(7-5-13)28(31)32)27(21(26)23-19)14-8-10-16(33-3)11-9-14/h4-12H,1-3H3. The van der Waals surface area contributed by atoms with Gasteiger partial charge in [0.1, 0.15) is 5.75 Å². The van der Waals surface area contributed by atoms with Crippen molar-refractivity contribution in [3.63, 3.8) is 0 Å². The summed E-state index contributed by atoms with van der Waals surface area (Å²) in [5.41, 5.74) is 1.63. The van der Waals surface area contributed by atoms with Gasteiger partial charge in [-0.1, -0.05) is 0 Å². The van der Waals surface area contributed by atoms with Crippen molar-refractivity contribution in [2.75, 3.05) is 7.11 Å². The average molecular weight is 446 g/mol. The van der Waals surface area contributed by atoms with Gasteiger partial charge >= 0.3 is 5.69 Å². The number of hydrogen-bond acceptors (Lipinski definition) is 6. The molecule has 0 unspecified atom stereocenters. The van der Waals surface area contributed by atoms with Crippen LogP contribution >= 0.6 is 0 Å².